The van der Waals surface area contributed by atoms with Gasteiger partial charge in [-0.3, -0.25) is 24.1 Å². The minimum atomic E-state index is -0.891. The van der Waals surface area contributed by atoms with Crippen molar-refractivity contribution in [3.05, 3.63) is 12.2 Å². The van der Waals surface area contributed by atoms with E-state index in [1.807, 2.05) is 14.0 Å². The Morgan fingerprint density at radius 2 is 1.60 bits per heavy atom. The molecule has 0 aromatic carbocycles. The molecule has 1 saturated carbocycles. The number of rotatable bonds is 17. The lowest BCUT2D eigenvalue weighted by molar-refractivity contribution is -0.150. The number of nitrogens with zero attached hydrogens (tertiary/aromatic N) is 3. The summed E-state index contributed by atoms with van der Waals surface area (Å²) >= 11 is 0. The van der Waals surface area contributed by atoms with Crippen molar-refractivity contribution in [1.29, 1.82) is 0 Å². The third-order valence-corrected chi connectivity index (χ3v) is 7.05. The highest BCUT2D eigenvalue weighted by Crippen LogP contribution is 2.41. The van der Waals surface area contributed by atoms with Gasteiger partial charge in [-0.25, -0.2) is 0 Å². The van der Waals surface area contributed by atoms with E-state index in [2.05, 4.69) is 34.5 Å². The van der Waals surface area contributed by atoms with E-state index in [4.69, 9.17) is 0 Å². The summed E-state index contributed by atoms with van der Waals surface area (Å²) in [7, 11) is 6.10. The number of nitrogens with one attached hydrogen (secondary N) is 2. The summed E-state index contributed by atoms with van der Waals surface area (Å²) in [5.74, 6) is -0.738. The van der Waals surface area contributed by atoms with E-state index >= 15 is 0 Å². The number of unbranched alkanes of at least 4 members (excludes halogenated alkanes) is 3. The van der Waals surface area contributed by atoms with Gasteiger partial charge in [-0.15, -0.1) is 0 Å². The summed E-state index contributed by atoms with van der Waals surface area (Å²) in [5.41, 5.74) is -0.891. The van der Waals surface area contributed by atoms with Gasteiger partial charge in [0.15, 0.2) is 0 Å². The summed E-state index contributed by atoms with van der Waals surface area (Å²) < 4.78 is 0. The zero-order chi connectivity index (χ0) is 25.8. The van der Waals surface area contributed by atoms with Crippen molar-refractivity contribution < 1.29 is 19.2 Å². The Hall–Kier alpha value is -2.26. The first-order valence-corrected chi connectivity index (χ1v) is 13.1. The van der Waals surface area contributed by atoms with E-state index in [9.17, 15) is 19.2 Å². The van der Waals surface area contributed by atoms with E-state index in [1.54, 1.807) is 0 Å². The van der Waals surface area contributed by atoms with Crippen molar-refractivity contribution in [2.24, 2.45) is 5.41 Å². The van der Waals surface area contributed by atoms with Crippen molar-refractivity contribution >= 4 is 23.6 Å². The molecule has 0 spiro atoms. The highest BCUT2D eigenvalue weighted by atomic mass is 16.2. The molecule has 4 amide bonds. The van der Waals surface area contributed by atoms with Gasteiger partial charge < -0.3 is 20.4 Å². The highest BCUT2D eigenvalue weighted by Gasteiger charge is 2.50. The summed E-state index contributed by atoms with van der Waals surface area (Å²) in [6.45, 7) is 5.53. The van der Waals surface area contributed by atoms with Crippen LogP contribution in [0.4, 0.5) is 0 Å². The predicted octanol–water partition coefficient (Wildman–Crippen LogP) is 1.54. The first kappa shape index (κ1) is 29.0. The molecule has 1 aliphatic heterocycles. The molecule has 1 unspecified atom stereocenters. The molecule has 9 nitrogen and oxygen atoms in total. The standard InChI is InChI=1S/C26H45N5O4/c1-21(11-6-9-17-29(2)3)28-25(35)26(14-10-15-26)24(34)27-16-7-5-8-18-30(4)19-20-31-22(32)12-13-23(31)33/h12-13,21H,5-11,14-20H2,1-4H3,(H,27,34)(H,28,35). The molecule has 198 valence electrons. The van der Waals surface area contributed by atoms with Crippen LogP contribution in [-0.2, 0) is 19.2 Å². The molecular weight excluding hydrogens is 446 g/mol. The Morgan fingerprint density at radius 3 is 2.20 bits per heavy atom. The zero-order valence-corrected chi connectivity index (χ0v) is 22.1. The average Bonchev–Trinajstić information content (AvgIpc) is 3.08. The van der Waals surface area contributed by atoms with E-state index < -0.39 is 5.41 Å². The number of imide groups is 1. The van der Waals surface area contributed by atoms with E-state index in [-0.39, 0.29) is 29.7 Å². The average molecular weight is 492 g/mol. The van der Waals surface area contributed by atoms with Crippen LogP contribution in [0.15, 0.2) is 12.2 Å². The minimum Gasteiger partial charge on any atom is -0.355 e. The molecule has 0 aromatic heterocycles. The fourth-order valence-electron chi connectivity index (χ4n) is 4.49. The minimum absolute atomic E-state index is 0.0740. The molecule has 0 aromatic rings. The molecule has 9 heteroatoms. The lowest BCUT2D eigenvalue weighted by atomic mass is 9.67. The summed E-state index contributed by atoms with van der Waals surface area (Å²) in [5, 5.41) is 6.08. The van der Waals surface area contributed by atoms with Crippen molar-refractivity contribution in [1.82, 2.24) is 25.3 Å². The fourth-order valence-corrected chi connectivity index (χ4v) is 4.49. The molecule has 2 aliphatic rings. The van der Waals surface area contributed by atoms with Gasteiger partial charge >= 0.3 is 0 Å². The van der Waals surface area contributed by atoms with Gasteiger partial charge in [-0.05, 0) is 79.7 Å². The van der Waals surface area contributed by atoms with Crippen LogP contribution in [0, 0.1) is 5.41 Å². The number of amides is 4. The van der Waals surface area contributed by atoms with Crippen LogP contribution in [0.5, 0.6) is 0 Å². The lowest BCUT2D eigenvalue weighted by Crippen LogP contribution is -2.56. The first-order chi connectivity index (χ1) is 16.7. The van der Waals surface area contributed by atoms with Crippen LogP contribution in [0.3, 0.4) is 0 Å². The molecule has 0 bridgehead atoms. The van der Waals surface area contributed by atoms with Gasteiger partial charge in [0.1, 0.15) is 5.41 Å². The molecule has 0 saturated heterocycles. The maximum absolute atomic E-state index is 12.9. The Labute approximate surface area is 210 Å². The summed E-state index contributed by atoms with van der Waals surface area (Å²) in [6.07, 6.45) is 10.6. The molecule has 1 heterocycles. The molecule has 0 radical (unpaired) electrons. The molecule has 1 atom stereocenters. The van der Waals surface area contributed by atoms with E-state index in [1.165, 1.54) is 17.1 Å². The lowest BCUT2D eigenvalue weighted by Gasteiger charge is -2.39. The van der Waals surface area contributed by atoms with Gasteiger partial charge in [0.05, 0.1) is 0 Å². The number of hydrogen-bond acceptors (Lipinski definition) is 6. The monoisotopic (exact) mass is 491 g/mol. The van der Waals surface area contributed by atoms with Gasteiger partial charge in [0.2, 0.25) is 11.8 Å². The van der Waals surface area contributed by atoms with Crippen LogP contribution >= 0.6 is 0 Å². The van der Waals surface area contributed by atoms with Crippen molar-refractivity contribution in [3.63, 3.8) is 0 Å². The maximum Gasteiger partial charge on any atom is 0.253 e. The van der Waals surface area contributed by atoms with Crippen molar-refractivity contribution in [3.8, 4) is 0 Å². The number of carbonyl (C=O) groups excluding carboxylic acids is 4. The predicted molar refractivity (Wildman–Crippen MR) is 137 cm³/mol. The molecule has 2 rings (SSSR count). The first-order valence-electron chi connectivity index (χ1n) is 13.1. The summed E-state index contributed by atoms with van der Waals surface area (Å²) in [6, 6.07) is 0.0740. The van der Waals surface area contributed by atoms with E-state index in [0.717, 1.165) is 58.0 Å². The van der Waals surface area contributed by atoms with Crippen molar-refractivity contribution in [2.45, 2.75) is 70.8 Å². The van der Waals surface area contributed by atoms with E-state index in [0.29, 0.717) is 32.5 Å². The number of likely N-dealkylation sites (N-methyl/N-ethyl adjacent to an activating group) is 1. The smallest absolute Gasteiger partial charge is 0.253 e. The van der Waals surface area contributed by atoms with Crippen LogP contribution < -0.4 is 10.6 Å². The van der Waals surface area contributed by atoms with Gasteiger partial charge in [-0.2, -0.15) is 0 Å². The molecule has 2 N–H and O–H groups in total. The number of hydrogen-bond donors (Lipinski definition) is 2. The quantitative estimate of drug-likeness (QED) is 0.182. The van der Waals surface area contributed by atoms with Crippen LogP contribution in [0.2, 0.25) is 0 Å². The molecule has 1 aliphatic carbocycles. The highest BCUT2D eigenvalue weighted by molar-refractivity contribution is 6.12. The normalized spacial score (nSPS) is 17.7. The fraction of sp³-hybridized carbons (Fsp3) is 0.769. The summed E-state index contributed by atoms with van der Waals surface area (Å²) in [4.78, 5) is 54.5. The third-order valence-electron chi connectivity index (χ3n) is 7.05. The SMILES string of the molecule is CC(CCCCN(C)C)NC(=O)C1(C(=O)NCCCCCN(C)CCN2C(=O)C=CC2=O)CCC1. The third kappa shape index (κ3) is 9.04. The van der Waals surface area contributed by atoms with Crippen LogP contribution in [0.25, 0.3) is 0 Å². The topological polar surface area (TPSA) is 102 Å². The second-order valence-electron chi connectivity index (χ2n) is 10.4. The van der Waals surface area contributed by atoms with Crippen LogP contribution in [0.1, 0.15) is 64.7 Å². The molecule has 1 fully saturated rings. The largest absolute Gasteiger partial charge is 0.355 e. The van der Waals surface area contributed by atoms with Gasteiger partial charge in [0.25, 0.3) is 11.8 Å². The molecular formula is C26H45N5O4. The Bertz CT molecular complexity index is 745. The Balaban J connectivity index is 1.59. The molecule has 35 heavy (non-hydrogen) atoms. The van der Waals surface area contributed by atoms with Gasteiger partial charge in [-0.1, -0.05) is 19.3 Å². The van der Waals surface area contributed by atoms with Gasteiger partial charge in [0, 0.05) is 37.8 Å². The zero-order valence-electron chi connectivity index (χ0n) is 22.1. The second-order valence-corrected chi connectivity index (χ2v) is 10.4. The Kier molecular flexibility index (Phi) is 11.9. The van der Waals surface area contributed by atoms with Crippen LogP contribution in [-0.4, -0.2) is 98.2 Å². The Morgan fingerprint density at radius 1 is 0.943 bits per heavy atom. The maximum atomic E-state index is 12.9. The van der Waals surface area contributed by atoms with Crippen molar-refractivity contribution in [2.75, 3.05) is 53.9 Å². The number of carbonyl (C=O) groups is 4. The second kappa shape index (κ2) is 14.3.